The first kappa shape index (κ1) is 23.1. The Morgan fingerprint density at radius 2 is 1.73 bits per heavy atom. The fourth-order valence-electron chi connectivity index (χ4n) is 4.43. The van der Waals surface area contributed by atoms with Gasteiger partial charge in [-0.2, -0.15) is 0 Å². The van der Waals surface area contributed by atoms with Crippen molar-refractivity contribution in [3.63, 3.8) is 0 Å². The zero-order valence-electron chi connectivity index (χ0n) is 19.0. The molecule has 4 amide bonds. The fourth-order valence-corrected chi connectivity index (χ4v) is 4.75. The number of hydrogen-bond acceptors (Lipinski definition) is 5. The molecule has 0 bridgehead atoms. The first-order valence-corrected chi connectivity index (χ1v) is 12.0. The minimum Gasteiger partial charge on any atom is -0.454 e. The van der Waals surface area contributed by atoms with E-state index in [2.05, 4.69) is 5.32 Å². The molecule has 184 valence electrons. The maximum Gasteiger partial charge on any atom is 0.335 e. The molecule has 3 heterocycles. The van der Waals surface area contributed by atoms with Crippen molar-refractivity contribution in [1.29, 1.82) is 0 Å². The van der Waals surface area contributed by atoms with E-state index in [4.69, 9.17) is 32.7 Å². The van der Waals surface area contributed by atoms with Crippen LogP contribution in [-0.4, -0.2) is 29.2 Å². The van der Waals surface area contributed by atoms with Crippen molar-refractivity contribution in [2.45, 2.75) is 6.54 Å². The lowest BCUT2D eigenvalue weighted by molar-refractivity contribution is -0.122. The predicted molar refractivity (Wildman–Crippen MR) is 139 cm³/mol. The molecule has 0 aliphatic carbocycles. The quantitative estimate of drug-likeness (QED) is 0.280. The van der Waals surface area contributed by atoms with Crippen LogP contribution in [0.25, 0.3) is 17.0 Å². The van der Waals surface area contributed by atoms with Crippen molar-refractivity contribution < 1.29 is 23.9 Å². The minimum absolute atomic E-state index is 0.0505. The first-order valence-electron chi connectivity index (χ1n) is 11.2. The van der Waals surface area contributed by atoms with Crippen molar-refractivity contribution in [1.82, 2.24) is 9.88 Å². The average Bonchev–Trinajstić information content (AvgIpc) is 3.48. The van der Waals surface area contributed by atoms with Crippen LogP contribution < -0.4 is 19.7 Å². The van der Waals surface area contributed by atoms with E-state index in [-0.39, 0.29) is 18.1 Å². The van der Waals surface area contributed by atoms with Crippen LogP contribution in [0.4, 0.5) is 10.5 Å². The number of carbonyl (C=O) groups is 3. The van der Waals surface area contributed by atoms with Gasteiger partial charge in [-0.25, -0.2) is 9.69 Å². The molecule has 8 nitrogen and oxygen atoms in total. The number of aromatic nitrogens is 1. The van der Waals surface area contributed by atoms with E-state index in [9.17, 15) is 14.4 Å². The molecule has 1 N–H and O–H groups in total. The van der Waals surface area contributed by atoms with Gasteiger partial charge in [0.25, 0.3) is 11.8 Å². The number of amides is 4. The summed E-state index contributed by atoms with van der Waals surface area (Å²) in [6.07, 6.45) is 3.35. The van der Waals surface area contributed by atoms with Crippen LogP contribution in [0.5, 0.6) is 11.5 Å². The van der Waals surface area contributed by atoms with Crippen LogP contribution >= 0.6 is 23.2 Å². The lowest BCUT2D eigenvalue weighted by Gasteiger charge is -2.26. The normalized spacial score (nSPS) is 16.1. The Bertz CT molecular complexity index is 1660. The molecule has 0 saturated carbocycles. The summed E-state index contributed by atoms with van der Waals surface area (Å²) in [5, 5.41) is 4.01. The van der Waals surface area contributed by atoms with Gasteiger partial charge in [0.15, 0.2) is 11.5 Å². The van der Waals surface area contributed by atoms with E-state index in [1.54, 1.807) is 24.3 Å². The van der Waals surface area contributed by atoms with Crippen molar-refractivity contribution in [2.24, 2.45) is 0 Å². The number of fused-ring (bicyclic) bond motifs is 2. The number of imide groups is 2. The van der Waals surface area contributed by atoms with Crippen LogP contribution in [-0.2, 0) is 16.1 Å². The topological polar surface area (TPSA) is 89.9 Å². The molecule has 3 aromatic carbocycles. The van der Waals surface area contributed by atoms with Crippen molar-refractivity contribution >= 4 is 63.7 Å². The second-order valence-electron chi connectivity index (χ2n) is 8.47. The third-order valence-corrected chi connectivity index (χ3v) is 6.91. The number of halogens is 2. The molecule has 0 unspecified atom stereocenters. The van der Waals surface area contributed by atoms with Crippen LogP contribution in [0.2, 0.25) is 10.0 Å². The maximum absolute atomic E-state index is 13.4. The highest BCUT2D eigenvalue weighted by Gasteiger charge is 2.37. The number of rotatable bonds is 4. The second-order valence-corrected chi connectivity index (χ2v) is 9.29. The van der Waals surface area contributed by atoms with E-state index >= 15 is 0 Å². The number of barbiturate groups is 1. The number of anilines is 1. The lowest BCUT2D eigenvalue weighted by Crippen LogP contribution is -2.54. The molecule has 6 rings (SSSR count). The molecule has 0 radical (unpaired) electrons. The van der Waals surface area contributed by atoms with Crippen LogP contribution in [0.3, 0.4) is 0 Å². The highest BCUT2D eigenvalue weighted by molar-refractivity contribution is 6.42. The molecular weight excluding hydrogens is 517 g/mol. The standard InChI is InChI=1S/C27H17Cl2N3O5/c28-20-7-5-15(9-21(20)29)12-31-13-16(18-3-1-2-4-22(18)31)10-19-25(33)30-27(35)32(26(19)34)17-6-8-23-24(11-17)37-14-36-23/h1-11,13H,12,14H2,(H,30,33,35)/b19-10+. The van der Waals surface area contributed by atoms with Gasteiger partial charge in [-0.05, 0) is 42.0 Å². The monoisotopic (exact) mass is 533 g/mol. The summed E-state index contributed by atoms with van der Waals surface area (Å²) in [5.74, 6) is -0.594. The smallest absolute Gasteiger partial charge is 0.335 e. The van der Waals surface area contributed by atoms with Gasteiger partial charge in [-0.15, -0.1) is 0 Å². The molecular formula is C27H17Cl2N3O5. The molecule has 0 atom stereocenters. The third kappa shape index (κ3) is 4.10. The van der Waals surface area contributed by atoms with Crippen LogP contribution in [0, 0.1) is 0 Å². The molecule has 1 fully saturated rings. The van der Waals surface area contributed by atoms with Gasteiger partial charge in [-0.1, -0.05) is 47.5 Å². The number of benzene rings is 3. The van der Waals surface area contributed by atoms with Gasteiger partial charge in [0.2, 0.25) is 6.79 Å². The molecule has 1 saturated heterocycles. The van der Waals surface area contributed by atoms with E-state index in [1.165, 1.54) is 12.1 Å². The zero-order valence-corrected chi connectivity index (χ0v) is 20.5. The summed E-state index contributed by atoms with van der Waals surface area (Å²) in [4.78, 5) is 39.7. The number of nitrogens with zero attached hydrogens (tertiary/aromatic N) is 2. The van der Waals surface area contributed by atoms with E-state index in [0.717, 1.165) is 21.4 Å². The average molecular weight is 534 g/mol. The largest absolute Gasteiger partial charge is 0.454 e. The van der Waals surface area contributed by atoms with E-state index in [1.807, 2.05) is 41.1 Å². The minimum atomic E-state index is -0.840. The number of para-hydroxylation sites is 1. The predicted octanol–water partition coefficient (Wildman–Crippen LogP) is 5.39. The molecule has 2 aliphatic heterocycles. The Balaban J connectivity index is 1.39. The highest BCUT2D eigenvalue weighted by atomic mass is 35.5. The Hall–Kier alpha value is -4.27. The second kappa shape index (κ2) is 8.99. The molecule has 10 heteroatoms. The Kier molecular flexibility index (Phi) is 5.62. The molecule has 1 aromatic heterocycles. The molecule has 0 spiro atoms. The first-order chi connectivity index (χ1) is 17.9. The number of urea groups is 1. The third-order valence-electron chi connectivity index (χ3n) is 6.17. The van der Waals surface area contributed by atoms with Gasteiger partial charge in [-0.3, -0.25) is 14.9 Å². The summed E-state index contributed by atoms with van der Waals surface area (Å²) in [7, 11) is 0. The maximum atomic E-state index is 13.4. The zero-order chi connectivity index (χ0) is 25.7. The number of nitrogens with one attached hydrogen (secondary N) is 1. The molecule has 2 aliphatic rings. The molecule has 37 heavy (non-hydrogen) atoms. The summed E-state index contributed by atoms with van der Waals surface area (Å²) in [6.45, 7) is 0.539. The molecule has 4 aromatic rings. The van der Waals surface area contributed by atoms with Gasteiger partial charge in [0.05, 0.1) is 15.7 Å². The number of ether oxygens (including phenoxy) is 2. The van der Waals surface area contributed by atoms with Gasteiger partial charge < -0.3 is 14.0 Å². The SMILES string of the molecule is O=C1NC(=O)N(c2ccc3c(c2)OCO3)C(=O)/C1=C/c1cn(Cc2ccc(Cl)c(Cl)c2)c2ccccc12. The number of hydrogen-bond donors (Lipinski definition) is 1. The highest BCUT2D eigenvalue weighted by Crippen LogP contribution is 2.36. The Labute approximate surface area is 220 Å². The lowest BCUT2D eigenvalue weighted by atomic mass is 10.1. The van der Waals surface area contributed by atoms with Gasteiger partial charge in [0, 0.05) is 35.3 Å². The Morgan fingerprint density at radius 1 is 0.919 bits per heavy atom. The van der Waals surface area contributed by atoms with Gasteiger partial charge >= 0.3 is 6.03 Å². The van der Waals surface area contributed by atoms with Crippen molar-refractivity contribution in [2.75, 3.05) is 11.7 Å². The van der Waals surface area contributed by atoms with E-state index < -0.39 is 17.8 Å². The van der Waals surface area contributed by atoms with Crippen LogP contribution in [0.15, 0.2) is 72.4 Å². The van der Waals surface area contributed by atoms with Crippen molar-refractivity contribution in [3.05, 3.63) is 93.6 Å². The van der Waals surface area contributed by atoms with Gasteiger partial charge in [0.1, 0.15) is 5.57 Å². The van der Waals surface area contributed by atoms with Crippen molar-refractivity contribution in [3.8, 4) is 11.5 Å². The van der Waals surface area contributed by atoms with Crippen LogP contribution in [0.1, 0.15) is 11.1 Å². The van der Waals surface area contributed by atoms with E-state index in [0.29, 0.717) is 33.7 Å². The number of carbonyl (C=O) groups excluding carboxylic acids is 3. The fraction of sp³-hybridized carbons (Fsp3) is 0.0741. The summed E-state index contributed by atoms with van der Waals surface area (Å²) in [6, 6.07) is 16.9. The summed E-state index contributed by atoms with van der Waals surface area (Å²) >= 11 is 12.2. The summed E-state index contributed by atoms with van der Waals surface area (Å²) < 4.78 is 12.7. The summed E-state index contributed by atoms with van der Waals surface area (Å²) in [5.41, 5.74) is 2.56. The Morgan fingerprint density at radius 3 is 2.57 bits per heavy atom.